The SMILES string of the molecule is COc1ccc(C(=O)NOC2CCCCO2)cc1OC. The Morgan fingerprint density at radius 2 is 2.05 bits per heavy atom. The number of hydrogen-bond acceptors (Lipinski definition) is 5. The van der Waals surface area contributed by atoms with Gasteiger partial charge in [-0.1, -0.05) is 0 Å². The van der Waals surface area contributed by atoms with Crippen LogP contribution in [0.3, 0.4) is 0 Å². The molecule has 1 aliphatic heterocycles. The number of methoxy groups -OCH3 is 2. The third kappa shape index (κ3) is 3.61. The van der Waals surface area contributed by atoms with E-state index in [4.69, 9.17) is 19.0 Å². The van der Waals surface area contributed by atoms with Crippen molar-refractivity contribution in [3.05, 3.63) is 23.8 Å². The first-order valence-electron chi connectivity index (χ1n) is 6.54. The average Bonchev–Trinajstić information content (AvgIpc) is 2.52. The molecular formula is C14H19NO5. The molecule has 0 aliphatic carbocycles. The van der Waals surface area contributed by atoms with Crippen LogP contribution in [0.4, 0.5) is 0 Å². The van der Waals surface area contributed by atoms with Gasteiger partial charge >= 0.3 is 0 Å². The molecular weight excluding hydrogens is 262 g/mol. The number of carbonyl (C=O) groups excluding carboxylic acids is 1. The van der Waals surface area contributed by atoms with Crippen molar-refractivity contribution in [2.24, 2.45) is 0 Å². The lowest BCUT2D eigenvalue weighted by molar-refractivity contribution is -0.186. The van der Waals surface area contributed by atoms with Gasteiger partial charge in [0.05, 0.1) is 14.2 Å². The Morgan fingerprint density at radius 1 is 1.25 bits per heavy atom. The molecule has 0 bridgehead atoms. The number of ether oxygens (including phenoxy) is 3. The van der Waals surface area contributed by atoms with Crippen LogP contribution in [0, 0.1) is 0 Å². The summed E-state index contributed by atoms with van der Waals surface area (Å²) in [6.45, 7) is 0.664. The Bertz CT molecular complexity index is 457. The third-order valence-corrected chi connectivity index (χ3v) is 3.07. The van der Waals surface area contributed by atoms with Crippen LogP contribution in [0.5, 0.6) is 11.5 Å². The van der Waals surface area contributed by atoms with Gasteiger partial charge in [-0.25, -0.2) is 10.3 Å². The monoisotopic (exact) mass is 281 g/mol. The predicted octanol–water partition coefficient (Wildman–Crippen LogP) is 1.89. The van der Waals surface area contributed by atoms with Crippen molar-refractivity contribution in [1.29, 1.82) is 0 Å². The molecule has 1 amide bonds. The fourth-order valence-corrected chi connectivity index (χ4v) is 1.96. The molecule has 1 aromatic rings. The minimum Gasteiger partial charge on any atom is -0.493 e. The smallest absolute Gasteiger partial charge is 0.275 e. The molecule has 1 atom stereocenters. The van der Waals surface area contributed by atoms with Crippen LogP contribution in [-0.2, 0) is 9.57 Å². The van der Waals surface area contributed by atoms with Crippen LogP contribution in [-0.4, -0.2) is 33.0 Å². The van der Waals surface area contributed by atoms with E-state index in [9.17, 15) is 4.79 Å². The molecule has 1 aliphatic rings. The first-order valence-corrected chi connectivity index (χ1v) is 6.54. The summed E-state index contributed by atoms with van der Waals surface area (Å²) in [5.41, 5.74) is 2.83. The van der Waals surface area contributed by atoms with E-state index >= 15 is 0 Å². The van der Waals surface area contributed by atoms with Crippen molar-refractivity contribution in [1.82, 2.24) is 5.48 Å². The van der Waals surface area contributed by atoms with E-state index in [-0.39, 0.29) is 12.2 Å². The Kier molecular flexibility index (Phi) is 5.20. The summed E-state index contributed by atoms with van der Waals surface area (Å²) in [7, 11) is 3.06. The summed E-state index contributed by atoms with van der Waals surface area (Å²) in [6, 6.07) is 4.91. The first-order chi connectivity index (χ1) is 9.74. The van der Waals surface area contributed by atoms with Gasteiger partial charge < -0.3 is 14.2 Å². The van der Waals surface area contributed by atoms with Crippen LogP contribution in [0.15, 0.2) is 18.2 Å². The molecule has 2 rings (SSSR count). The maximum absolute atomic E-state index is 12.0. The number of rotatable bonds is 5. The minimum atomic E-state index is -0.368. The molecule has 1 heterocycles. The number of amides is 1. The highest BCUT2D eigenvalue weighted by Crippen LogP contribution is 2.27. The zero-order chi connectivity index (χ0) is 14.4. The van der Waals surface area contributed by atoms with Gasteiger partial charge in [0.2, 0.25) is 0 Å². The fraction of sp³-hybridized carbons (Fsp3) is 0.500. The molecule has 110 valence electrons. The lowest BCUT2D eigenvalue weighted by Gasteiger charge is -2.22. The maximum atomic E-state index is 12.0. The van der Waals surface area contributed by atoms with Gasteiger partial charge in [0.15, 0.2) is 17.8 Å². The average molecular weight is 281 g/mol. The Hall–Kier alpha value is -1.79. The summed E-state index contributed by atoms with van der Waals surface area (Å²) in [5, 5.41) is 0. The van der Waals surface area contributed by atoms with Crippen molar-refractivity contribution in [3.8, 4) is 11.5 Å². The van der Waals surface area contributed by atoms with Gasteiger partial charge in [-0.05, 0) is 31.0 Å². The van der Waals surface area contributed by atoms with Crippen molar-refractivity contribution >= 4 is 5.91 Å². The van der Waals surface area contributed by atoms with Crippen LogP contribution in [0.1, 0.15) is 29.6 Å². The topological polar surface area (TPSA) is 66.0 Å². The van der Waals surface area contributed by atoms with E-state index in [1.165, 1.54) is 7.11 Å². The van der Waals surface area contributed by atoms with E-state index in [0.29, 0.717) is 23.7 Å². The van der Waals surface area contributed by atoms with Crippen molar-refractivity contribution in [2.75, 3.05) is 20.8 Å². The number of nitrogens with one attached hydrogen (secondary N) is 1. The molecule has 20 heavy (non-hydrogen) atoms. The van der Waals surface area contributed by atoms with E-state index in [1.807, 2.05) is 0 Å². The maximum Gasteiger partial charge on any atom is 0.275 e. The van der Waals surface area contributed by atoms with Crippen LogP contribution in [0.2, 0.25) is 0 Å². The largest absolute Gasteiger partial charge is 0.493 e. The highest BCUT2D eigenvalue weighted by molar-refractivity contribution is 5.94. The second-order valence-electron chi connectivity index (χ2n) is 4.41. The van der Waals surface area contributed by atoms with Crippen LogP contribution in [0.25, 0.3) is 0 Å². The lowest BCUT2D eigenvalue weighted by atomic mass is 10.2. The van der Waals surface area contributed by atoms with Gasteiger partial charge in [0, 0.05) is 18.6 Å². The summed E-state index contributed by atoms with van der Waals surface area (Å²) in [4.78, 5) is 17.2. The number of benzene rings is 1. The van der Waals surface area contributed by atoms with Gasteiger partial charge in [-0.15, -0.1) is 0 Å². The molecule has 1 unspecified atom stereocenters. The molecule has 1 N–H and O–H groups in total. The third-order valence-electron chi connectivity index (χ3n) is 3.07. The highest BCUT2D eigenvalue weighted by atomic mass is 16.8. The Morgan fingerprint density at radius 3 is 2.70 bits per heavy atom. The zero-order valence-electron chi connectivity index (χ0n) is 11.7. The molecule has 1 aromatic carbocycles. The van der Waals surface area contributed by atoms with E-state index in [0.717, 1.165) is 19.3 Å². The van der Waals surface area contributed by atoms with Crippen LogP contribution >= 0.6 is 0 Å². The Balaban J connectivity index is 1.94. The quantitative estimate of drug-likeness (QED) is 0.835. The highest BCUT2D eigenvalue weighted by Gasteiger charge is 2.17. The second-order valence-corrected chi connectivity index (χ2v) is 4.41. The summed E-state index contributed by atoms with van der Waals surface area (Å²) >= 11 is 0. The van der Waals surface area contributed by atoms with E-state index < -0.39 is 0 Å². The Labute approximate surface area is 117 Å². The van der Waals surface area contributed by atoms with E-state index in [1.54, 1.807) is 25.3 Å². The molecule has 6 heteroatoms. The first kappa shape index (κ1) is 14.6. The molecule has 6 nitrogen and oxygen atoms in total. The van der Waals surface area contributed by atoms with Crippen LogP contribution < -0.4 is 15.0 Å². The predicted molar refractivity (Wildman–Crippen MR) is 71.7 cm³/mol. The summed E-state index contributed by atoms with van der Waals surface area (Å²) in [5.74, 6) is 0.717. The van der Waals surface area contributed by atoms with E-state index in [2.05, 4.69) is 5.48 Å². The molecule has 1 fully saturated rings. The van der Waals surface area contributed by atoms with Crippen molar-refractivity contribution < 1.29 is 23.8 Å². The number of carbonyl (C=O) groups is 1. The molecule has 0 spiro atoms. The minimum absolute atomic E-state index is 0.347. The molecule has 0 radical (unpaired) electrons. The summed E-state index contributed by atoms with van der Waals surface area (Å²) in [6.07, 6.45) is 2.49. The zero-order valence-corrected chi connectivity index (χ0v) is 11.7. The van der Waals surface area contributed by atoms with Gasteiger partial charge in [0.1, 0.15) is 0 Å². The van der Waals surface area contributed by atoms with Gasteiger partial charge in [-0.3, -0.25) is 4.79 Å². The van der Waals surface area contributed by atoms with Crippen molar-refractivity contribution in [3.63, 3.8) is 0 Å². The normalized spacial score (nSPS) is 18.4. The molecule has 0 aromatic heterocycles. The second kappa shape index (κ2) is 7.12. The fourth-order valence-electron chi connectivity index (χ4n) is 1.96. The van der Waals surface area contributed by atoms with Crippen molar-refractivity contribution in [2.45, 2.75) is 25.6 Å². The standard InChI is InChI=1S/C14H19NO5/c1-17-11-7-6-10(9-12(11)18-2)14(16)15-20-13-5-3-4-8-19-13/h6-7,9,13H,3-5,8H2,1-2H3,(H,15,16). The lowest BCUT2D eigenvalue weighted by Crippen LogP contribution is -2.33. The molecule has 0 saturated carbocycles. The molecule has 1 saturated heterocycles. The number of hydrogen-bond donors (Lipinski definition) is 1. The summed E-state index contributed by atoms with van der Waals surface area (Å²) < 4.78 is 15.6. The van der Waals surface area contributed by atoms with Gasteiger partial charge in [-0.2, -0.15) is 0 Å². The van der Waals surface area contributed by atoms with Gasteiger partial charge in [0.25, 0.3) is 5.91 Å². The number of hydroxylamine groups is 1.